The lowest BCUT2D eigenvalue weighted by Crippen LogP contribution is -2.07. The number of hydrogen-bond acceptors (Lipinski definition) is 5. The van der Waals surface area contributed by atoms with Gasteiger partial charge in [-0.25, -0.2) is 4.98 Å². The Morgan fingerprint density at radius 3 is 2.87 bits per heavy atom. The SMILES string of the molecule is CCOc1ccc(/C=C/C(=O)Nc2cccc(-c3n[nH]c(C4CC4)n3)c2)cc1OC. The molecule has 0 atom stereocenters. The molecule has 1 aromatic heterocycles. The highest BCUT2D eigenvalue weighted by Crippen LogP contribution is 2.38. The van der Waals surface area contributed by atoms with E-state index in [0.717, 1.165) is 29.8 Å². The molecule has 30 heavy (non-hydrogen) atoms. The molecule has 0 aliphatic heterocycles. The highest BCUT2D eigenvalue weighted by atomic mass is 16.5. The van der Waals surface area contributed by atoms with Gasteiger partial charge in [0.25, 0.3) is 0 Å². The number of benzene rings is 2. The molecule has 2 aromatic carbocycles. The van der Waals surface area contributed by atoms with Crippen molar-refractivity contribution in [3.05, 3.63) is 59.9 Å². The van der Waals surface area contributed by atoms with Gasteiger partial charge in [0, 0.05) is 23.2 Å². The highest BCUT2D eigenvalue weighted by molar-refractivity contribution is 6.02. The third-order valence-electron chi connectivity index (χ3n) is 4.77. The standard InChI is InChI=1S/C23H24N4O3/c1-3-30-19-11-7-15(13-20(19)29-2)8-12-21(28)24-18-6-4-5-17(14-18)23-25-22(26-27-23)16-9-10-16/h4-8,11-14,16H,3,9-10H2,1-2H3,(H,24,28)(H,25,26,27)/b12-8+. The maximum atomic E-state index is 12.4. The molecule has 0 radical (unpaired) electrons. The summed E-state index contributed by atoms with van der Waals surface area (Å²) in [5, 5.41) is 10.2. The average Bonchev–Trinajstić information content (AvgIpc) is 3.50. The largest absolute Gasteiger partial charge is 0.493 e. The number of H-pyrrole nitrogens is 1. The predicted octanol–water partition coefficient (Wildman–Crippen LogP) is 4.41. The lowest BCUT2D eigenvalue weighted by Gasteiger charge is -2.09. The summed E-state index contributed by atoms with van der Waals surface area (Å²) in [4.78, 5) is 16.9. The van der Waals surface area contributed by atoms with E-state index in [4.69, 9.17) is 9.47 Å². The molecule has 154 valence electrons. The van der Waals surface area contributed by atoms with Gasteiger partial charge in [-0.1, -0.05) is 18.2 Å². The summed E-state index contributed by atoms with van der Waals surface area (Å²) in [6.45, 7) is 2.48. The zero-order chi connectivity index (χ0) is 20.9. The quantitative estimate of drug-likeness (QED) is 0.543. The van der Waals surface area contributed by atoms with Crippen LogP contribution in [0.2, 0.25) is 0 Å². The van der Waals surface area contributed by atoms with Gasteiger partial charge in [0.1, 0.15) is 5.82 Å². The first-order chi connectivity index (χ1) is 14.7. The number of ether oxygens (including phenoxy) is 2. The molecule has 1 heterocycles. The zero-order valence-electron chi connectivity index (χ0n) is 17.0. The number of methoxy groups -OCH3 is 1. The number of anilines is 1. The maximum Gasteiger partial charge on any atom is 0.248 e. The van der Waals surface area contributed by atoms with Crippen LogP contribution in [0.5, 0.6) is 11.5 Å². The van der Waals surface area contributed by atoms with Crippen molar-refractivity contribution in [3.8, 4) is 22.9 Å². The minimum atomic E-state index is -0.228. The van der Waals surface area contributed by atoms with Crippen LogP contribution in [0.3, 0.4) is 0 Å². The van der Waals surface area contributed by atoms with Crippen molar-refractivity contribution in [1.82, 2.24) is 15.2 Å². The van der Waals surface area contributed by atoms with Crippen molar-refractivity contribution in [1.29, 1.82) is 0 Å². The maximum absolute atomic E-state index is 12.4. The average molecular weight is 404 g/mol. The van der Waals surface area contributed by atoms with Crippen LogP contribution in [0.15, 0.2) is 48.5 Å². The van der Waals surface area contributed by atoms with Crippen molar-refractivity contribution in [3.63, 3.8) is 0 Å². The number of carbonyl (C=O) groups is 1. The number of aromatic nitrogens is 3. The van der Waals surface area contributed by atoms with Gasteiger partial charge in [0.05, 0.1) is 13.7 Å². The molecule has 0 spiro atoms. The van der Waals surface area contributed by atoms with E-state index >= 15 is 0 Å². The molecule has 0 bridgehead atoms. The van der Waals surface area contributed by atoms with Gasteiger partial charge in [-0.05, 0) is 55.7 Å². The monoisotopic (exact) mass is 404 g/mol. The van der Waals surface area contributed by atoms with E-state index in [9.17, 15) is 4.79 Å². The molecule has 7 nitrogen and oxygen atoms in total. The van der Waals surface area contributed by atoms with Gasteiger partial charge in [-0.2, -0.15) is 5.10 Å². The van der Waals surface area contributed by atoms with Crippen LogP contribution in [0.1, 0.15) is 37.1 Å². The lowest BCUT2D eigenvalue weighted by atomic mass is 10.1. The van der Waals surface area contributed by atoms with E-state index in [-0.39, 0.29) is 5.91 Å². The summed E-state index contributed by atoms with van der Waals surface area (Å²) in [6.07, 6.45) is 5.54. The first-order valence-corrected chi connectivity index (χ1v) is 9.99. The number of aromatic amines is 1. The molecule has 4 rings (SSSR count). The van der Waals surface area contributed by atoms with Gasteiger partial charge >= 0.3 is 0 Å². The smallest absolute Gasteiger partial charge is 0.248 e. The molecule has 2 N–H and O–H groups in total. The number of nitrogens with zero attached hydrogens (tertiary/aromatic N) is 2. The van der Waals surface area contributed by atoms with Crippen molar-refractivity contribution in [2.24, 2.45) is 0 Å². The summed E-state index contributed by atoms with van der Waals surface area (Å²) >= 11 is 0. The number of hydrogen-bond donors (Lipinski definition) is 2. The van der Waals surface area contributed by atoms with Crippen LogP contribution in [0.25, 0.3) is 17.5 Å². The molecular formula is C23H24N4O3. The van der Waals surface area contributed by atoms with Gasteiger partial charge in [-0.3, -0.25) is 9.89 Å². The Bertz CT molecular complexity index is 1070. The second-order valence-corrected chi connectivity index (χ2v) is 7.07. The van der Waals surface area contributed by atoms with E-state index in [2.05, 4.69) is 20.5 Å². The van der Waals surface area contributed by atoms with Gasteiger partial charge in [-0.15, -0.1) is 0 Å². The molecule has 1 amide bonds. The number of nitrogens with one attached hydrogen (secondary N) is 2. The third-order valence-corrected chi connectivity index (χ3v) is 4.77. The van der Waals surface area contributed by atoms with Crippen molar-refractivity contribution >= 4 is 17.7 Å². The van der Waals surface area contributed by atoms with Gasteiger partial charge in [0.15, 0.2) is 17.3 Å². The fourth-order valence-corrected chi connectivity index (χ4v) is 3.10. The Morgan fingerprint density at radius 2 is 2.10 bits per heavy atom. The Hall–Kier alpha value is -3.61. The Labute approximate surface area is 175 Å². The molecule has 1 fully saturated rings. The van der Waals surface area contributed by atoms with Crippen LogP contribution in [0.4, 0.5) is 5.69 Å². The van der Waals surface area contributed by atoms with Crippen LogP contribution in [-0.4, -0.2) is 34.8 Å². The molecule has 0 saturated heterocycles. The zero-order valence-corrected chi connectivity index (χ0v) is 17.0. The number of carbonyl (C=O) groups excluding carboxylic acids is 1. The topological polar surface area (TPSA) is 89.1 Å². The summed E-state index contributed by atoms with van der Waals surface area (Å²) < 4.78 is 10.9. The third kappa shape index (κ3) is 4.68. The van der Waals surface area contributed by atoms with Crippen LogP contribution >= 0.6 is 0 Å². The molecule has 1 aliphatic carbocycles. The fourth-order valence-electron chi connectivity index (χ4n) is 3.10. The Kier molecular flexibility index (Phi) is 5.79. The Balaban J connectivity index is 1.42. The van der Waals surface area contributed by atoms with E-state index in [1.165, 1.54) is 6.08 Å². The summed E-state index contributed by atoms with van der Waals surface area (Å²) in [5.41, 5.74) is 2.38. The molecule has 3 aromatic rings. The van der Waals surface area contributed by atoms with Crippen molar-refractivity contribution < 1.29 is 14.3 Å². The summed E-state index contributed by atoms with van der Waals surface area (Å²) in [6, 6.07) is 13.0. The second kappa shape index (κ2) is 8.82. The molecule has 0 unspecified atom stereocenters. The van der Waals surface area contributed by atoms with E-state index in [1.54, 1.807) is 13.2 Å². The lowest BCUT2D eigenvalue weighted by molar-refractivity contribution is -0.111. The molecule has 7 heteroatoms. The number of rotatable bonds is 8. The predicted molar refractivity (Wildman–Crippen MR) is 116 cm³/mol. The molecule has 1 saturated carbocycles. The van der Waals surface area contributed by atoms with Gasteiger partial charge in [0.2, 0.25) is 5.91 Å². The van der Waals surface area contributed by atoms with E-state index < -0.39 is 0 Å². The van der Waals surface area contributed by atoms with Crippen LogP contribution < -0.4 is 14.8 Å². The Morgan fingerprint density at radius 1 is 1.23 bits per heavy atom. The normalized spacial score (nSPS) is 13.4. The van der Waals surface area contributed by atoms with Crippen molar-refractivity contribution in [2.75, 3.05) is 19.0 Å². The molecule has 1 aliphatic rings. The second-order valence-electron chi connectivity index (χ2n) is 7.07. The number of amides is 1. The first kappa shape index (κ1) is 19.7. The van der Waals surface area contributed by atoms with E-state index in [1.807, 2.05) is 49.4 Å². The fraction of sp³-hybridized carbons (Fsp3) is 0.261. The van der Waals surface area contributed by atoms with Crippen LogP contribution in [-0.2, 0) is 4.79 Å². The summed E-state index contributed by atoms with van der Waals surface area (Å²) in [5.74, 6) is 3.17. The first-order valence-electron chi connectivity index (χ1n) is 9.99. The van der Waals surface area contributed by atoms with E-state index in [0.29, 0.717) is 35.5 Å². The molecular weight excluding hydrogens is 380 g/mol. The summed E-state index contributed by atoms with van der Waals surface area (Å²) in [7, 11) is 1.59. The minimum Gasteiger partial charge on any atom is -0.493 e. The highest BCUT2D eigenvalue weighted by Gasteiger charge is 2.27. The van der Waals surface area contributed by atoms with Crippen LogP contribution in [0, 0.1) is 0 Å². The van der Waals surface area contributed by atoms with Crippen molar-refractivity contribution in [2.45, 2.75) is 25.7 Å². The minimum absolute atomic E-state index is 0.228. The van der Waals surface area contributed by atoms with Gasteiger partial charge < -0.3 is 14.8 Å².